The van der Waals surface area contributed by atoms with E-state index in [9.17, 15) is 0 Å². The molecule has 0 aliphatic heterocycles. The van der Waals surface area contributed by atoms with Crippen LogP contribution in [0.1, 0.15) is 6.92 Å². The molecular formula is C5H16N6S2. The third-order valence-corrected chi connectivity index (χ3v) is 1.37. The Kier molecular flexibility index (Phi) is 10.7. The summed E-state index contributed by atoms with van der Waals surface area (Å²) in [6.07, 6.45) is 0. The highest BCUT2D eigenvalue weighted by Gasteiger charge is 1.83. The minimum Gasteiger partial charge on any atom is -0.375 e. The number of thiocarbonyl (C=S) groups is 2. The molecule has 0 unspecified atom stereocenters. The molecule has 13 heavy (non-hydrogen) atoms. The second-order valence-corrected chi connectivity index (χ2v) is 2.78. The number of hydrogen-bond acceptors (Lipinski definition) is 4. The van der Waals surface area contributed by atoms with E-state index >= 15 is 0 Å². The molecule has 0 aromatic heterocycles. The normalized spacial score (nSPS) is 7.69. The summed E-state index contributed by atoms with van der Waals surface area (Å²) >= 11 is 9.01. The van der Waals surface area contributed by atoms with E-state index in [-0.39, 0.29) is 5.11 Å². The number of hydrogen-bond donors (Lipinski definition) is 5. The third-order valence-electron chi connectivity index (χ3n) is 0.816. The van der Waals surface area contributed by atoms with Crippen LogP contribution in [0.25, 0.3) is 0 Å². The van der Waals surface area contributed by atoms with Crippen molar-refractivity contribution in [3.8, 4) is 0 Å². The largest absolute Gasteiger partial charge is 0.375 e. The van der Waals surface area contributed by atoms with Gasteiger partial charge in [-0.25, -0.2) is 11.7 Å². The van der Waals surface area contributed by atoms with Crippen LogP contribution in [0.5, 0.6) is 0 Å². The van der Waals surface area contributed by atoms with Crippen LogP contribution in [-0.4, -0.2) is 28.8 Å². The molecule has 78 valence electrons. The summed E-state index contributed by atoms with van der Waals surface area (Å²) in [6, 6.07) is 0. The van der Waals surface area contributed by atoms with Crippen LogP contribution in [0, 0.1) is 0 Å². The maximum atomic E-state index is 5.00. The molecule has 0 saturated heterocycles. The maximum absolute atomic E-state index is 5.00. The average Bonchev–Trinajstić information content (AvgIpc) is 2.05. The number of nitrogens with one attached hydrogen (secondary N) is 2. The lowest BCUT2D eigenvalue weighted by Gasteiger charge is -2.05. The highest BCUT2D eigenvalue weighted by molar-refractivity contribution is 7.80. The van der Waals surface area contributed by atoms with E-state index in [2.05, 4.69) is 35.2 Å². The highest BCUT2D eigenvalue weighted by Crippen LogP contribution is 1.62. The van der Waals surface area contributed by atoms with Crippen molar-refractivity contribution >= 4 is 34.7 Å². The first kappa shape index (κ1) is 14.8. The van der Waals surface area contributed by atoms with Crippen LogP contribution in [0.2, 0.25) is 0 Å². The topological polar surface area (TPSA) is 105 Å². The van der Waals surface area contributed by atoms with E-state index in [4.69, 9.17) is 17.4 Å². The Morgan fingerprint density at radius 2 is 1.85 bits per heavy atom. The van der Waals surface area contributed by atoms with Crippen LogP contribution in [0.4, 0.5) is 0 Å². The van der Waals surface area contributed by atoms with E-state index in [1.165, 1.54) is 5.01 Å². The van der Waals surface area contributed by atoms with Gasteiger partial charge >= 0.3 is 0 Å². The second kappa shape index (κ2) is 9.39. The van der Waals surface area contributed by atoms with Crippen LogP contribution < -0.4 is 28.2 Å². The third kappa shape index (κ3) is 14.2. The molecule has 0 radical (unpaired) electrons. The van der Waals surface area contributed by atoms with E-state index in [1.807, 2.05) is 6.92 Å². The van der Waals surface area contributed by atoms with Crippen molar-refractivity contribution in [2.75, 3.05) is 13.6 Å². The van der Waals surface area contributed by atoms with E-state index < -0.39 is 0 Å². The van der Waals surface area contributed by atoms with Gasteiger partial charge in [-0.05, 0) is 31.4 Å². The Morgan fingerprint density at radius 1 is 1.46 bits per heavy atom. The van der Waals surface area contributed by atoms with E-state index in [0.717, 1.165) is 6.54 Å². The van der Waals surface area contributed by atoms with Gasteiger partial charge in [0.1, 0.15) is 0 Å². The zero-order valence-electron chi connectivity index (χ0n) is 7.70. The summed E-state index contributed by atoms with van der Waals surface area (Å²) in [5, 5.41) is 4.66. The smallest absolute Gasteiger partial charge is 0.180 e. The summed E-state index contributed by atoms with van der Waals surface area (Å²) in [4.78, 5) is 0. The molecule has 8 N–H and O–H groups in total. The number of rotatable bonds is 1. The molecule has 8 heteroatoms. The number of hydrazine groups is 2. The predicted molar refractivity (Wildman–Crippen MR) is 62.3 cm³/mol. The lowest BCUT2D eigenvalue weighted by molar-refractivity contribution is 0.543. The number of nitrogens with two attached hydrogens (primary N) is 3. The van der Waals surface area contributed by atoms with E-state index in [1.54, 1.807) is 7.05 Å². The number of nitrogens with zero attached hydrogens (tertiary/aromatic N) is 1. The van der Waals surface area contributed by atoms with Crippen molar-refractivity contribution in [1.82, 2.24) is 15.8 Å². The summed E-state index contributed by atoms with van der Waals surface area (Å²) in [7, 11) is 1.59. The average molecular weight is 224 g/mol. The van der Waals surface area contributed by atoms with Gasteiger partial charge < -0.3 is 16.5 Å². The second-order valence-electron chi connectivity index (χ2n) is 1.95. The van der Waals surface area contributed by atoms with Gasteiger partial charge in [0.05, 0.1) is 0 Å². The van der Waals surface area contributed by atoms with Gasteiger partial charge in [-0.2, -0.15) is 0 Å². The van der Waals surface area contributed by atoms with Crippen LogP contribution in [0.3, 0.4) is 0 Å². The van der Waals surface area contributed by atoms with Crippen molar-refractivity contribution in [2.24, 2.45) is 17.4 Å². The molecule has 0 bridgehead atoms. The van der Waals surface area contributed by atoms with Crippen molar-refractivity contribution in [1.29, 1.82) is 0 Å². The molecule has 0 fully saturated rings. The Balaban J connectivity index is 0. The molecular weight excluding hydrogens is 208 g/mol. The van der Waals surface area contributed by atoms with Gasteiger partial charge in [0, 0.05) is 13.6 Å². The van der Waals surface area contributed by atoms with Crippen molar-refractivity contribution < 1.29 is 0 Å². The van der Waals surface area contributed by atoms with Gasteiger partial charge in [0.15, 0.2) is 10.2 Å². The molecule has 0 aromatic rings. The Hall–Kier alpha value is -0.700. The summed E-state index contributed by atoms with van der Waals surface area (Å²) in [6.45, 7) is 2.76. The SMILES string of the molecule is CCNC(=S)NN.CN(N)C(N)=S. The minimum atomic E-state index is 0.204. The molecule has 0 aliphatic carbocycles. The fraction of sp³-hybridized carbons (Fsp3) is 0.600. The lowest BCUT2D eigenvalue weighted by atomic mass is 10.8. The summed E-state index contributed by atoms with van der Waals surface area (Å²) in [5.41, 5.74) is 7.25. The van der Waals surface area contributed by atoms with Gasteiger partial charge in [-0.1, -0.05) is 0 Å². The molecule has 6 nitrogen and oxygen atoms in total. The van der Waals surface area contributed by atoms with Crippen LogP contribution in [0.15, 0.2) is 0 Å². The zero-order chi connectivity index (χ0) is 10.9. The molecule has 0 aliphatic rings. The fourth-order valence-corrected chi connectivity index (χ4v) is 0.356. The van der Waals surface area contributed by atoms with Gasteiger partial charge in [-0.15, -0.1) is 0 Å². The van der Waals surface area contributed by atoms with Crippen molar-refractivity contribution in [3.05, 3.63) is 0 Å². The first-order valence-corrected chi connectivity index (χ1v) is 4.29. The van der Waals surface area contributed by atoms with Gasteiger partial charge in [-0.3, -0.25) is 5.01 Å². The van der Waals surface area contributed by atoms with Gasteiger partial charge in [0.25, 0.3) is 0 Å². The quantitative estimate of drug-likeness (QED) is 0.206. The Morgan fingerprint density at radius 3 is 1.92 bits per heavy atom. The first-order chi connectivity index (χ1) is 5.95. The molecule has 0 rings (SSSR count). The highest BCUT2D eigenvalue weighted by atomic mass is 32.1. The molecule has 0 aromatic carbocycles. The Labute approximate surface area is 88.7 Å². The molecule has 0 saturated carbocycles. The molecule has 0 atom stereocenters. The lowest BCUT2D eigenvalue weighted by Crippen LogP contribution is -2.39. The zero-order valence-corrected chi connectivity index (χ0v) is 9.34. The monoisotopic (exact) mass is 224 g/mol. The van der Waals surface area contributed by atoms with Gasteiger partial charge in [0.2, 0.25) is 0 Å². The standard InChI is InChI=1S/C3H9N3S.C2H7N3S/c1-2-5-3(7)6-4;1-5(4)2(3)6/h2,4H2,1H3,(H2,5,6,7);4H2,1H3,(H2,3,6). The Bertz CT molecular complexity index is 159. The summed E-state index contributed by atoms with van der Waals surface area (Å²) in [5.74, 6) is 9.91. The van der Waals surface area contributed by atoms with Crippen LogP contribution >= 0.6 is 24.4 Å². The minimum absolute atomic E-state index is 0.204. The summed E-state index contributed by atoms with van der Waals surface area (Å²) < 4.78 is 0. The maximum Gasteiger partial charge on any atom is 0.180 e. The van der Waals surface area contributed by atoms with Crippen molar-refractivity contribution in [3.63, 3.8) is 0 Å². The predicted octanol–water partition coefficient (Wildman–Crippen LogP) is -1.62. The first-order valence-electron chi connectivity index (χ1n) is 3.48. The van der Waals surface area contributed by atoms with E-state index in [0.29, 0.717) is 5.11 Å². The molecule has 0 heterocycles. The van der Waals surface area contributed by atoms with Crippen LogP contribution in [-0.2, 0) is 0 Å². The molecule has 0 spiro atoms. The fourth-order valence-electron chi connectivity index (χ4n) is 0.212. The van der Waals surface area contributed by atoms with Crippen molar-refractivity contribution in [2.45, 2.75) is 6.92 Å². The molecule has 0 amide bonds.